The molecule has 0 unspecified atom stereocenters. The molecule has 1 amide bonds. The number of amides is 1. The van der Waals surface area contributed by atoms with Gasteiger partial charge in [-0.3, -0.25) is 4.79 Å². The molecule has 0 bridgehead atoms. The van der Waals surface area contributed by atoms with E-state index in [0.717, 1.165) is 12.8 Å². The van der Waals surface area contributed by atoms with Gasteiger partial charge in [0.05, 0.1) is 18.8 Å². The first-order valence-corrected chi connectivity index (χ1v) is 12.8. The van der Waals surface area contributed by atoms with Gasteiger partial charge in [-0.2, -0.15) is 0 Å². The molecule has 6 atom stereocenters. The van der Waals surface area contributed by atoms with Crippen molar-refractivity contribution in [2.45, 2.75) is 133 Å². The number of ether oxygens (including phenoxy) is 1. The van der Waals surface area contributed by atoms with Crippen LogP contribution in [0.25, 0.3) is 0 Å². The van der Waals surface area contributed by atoms with Gasteiger partial charge in [-0.05, 0) is 19.3 Å². The topological polar surface area (TPSA) is 145 Å². The van der Waals surface area contributed by atoms with Crippen molar-refractivity contribution in [3.63, 3.8) is 0 Å². The number of rotatable bonds is 18. The van der Waals surface area contributed by atoms with Crippen LogP contribution in [0.3, 0.4) is 0 Å². The summed E-state index contributed by atoms with van der Waals surface area (Å²) in [5.41, 5.74) is 5.95. The second kappa shape index (κ2) is 17.7. The summed E-state index contributed by atoms with van der Waals surface area (Å²) in [5.74, 6) is -0.238. The highest BCUT2D eigenvalue weighted by molar-refractivity contribution is 5.81. The quantitative estimate of drug-likeness (QED) is 0.171. The van der Waals surface area contributed by atoms with Crippen LogP contribution in [0.2, 0.25) is 0 Å². The summed E-state index contributed by atoms with van der Waals surface area (Å²) in [6, 6.07) is -0.736. The molecule has 0 radical (unpaired) electrons. The summed E-state index contributed by atoms with van der Waals surface area (Å²) in [7, 11) is 0. The fourth-order valence-corrected chi connectivity index (χ4v) is 4.20. The molecular formula is C24H48N2O6. The zero-order chi connectivity index (χ0) is 23.8. The summed E-state index contributed by atoms with van der Waals surface area (Å²) >= 11 is 0. The average Bonchev–Trinajstić information content (AvgIpc) is 2.79. The summed E-state index contributed by atoms with van der Waals surface area (Å²) in [6.45, 7) is 2.38. The van der Waals surface area contributed by atoms with Crippen molar-refractivity contribution in [3.05, 3.63) is 0 Å². The zero-order valence-corrected chi connectivity index (χ0v) is 20.0. The monoisotopic (exact) mass is 460 g/mol. The number of carbonyl (C=O) groups is 1. The molecule has 8 heteroatoms. The molecule has 190 valence electrons. The average molecular weight is 461 g/mol. The van der Waals surface area contributed by atoms with Crippen LogP contribution in [0.5, 0.6) is 0 Å². The van der Waals surface area contributed by atoms with E-state index < -0.39 is 43.2 Å². The SMILES string of the molecule is CCCCCCCCCCCCCCNC(=O)[C@@H](N)CC[C@@H]1O[C@H](CO)[C@H](O)[C@H](O)[C@H]1O. The summed E-state index contributed by atoms with van der Waals surface area (Å²) in [5, 5.41) is 41.8. The van der Waals surface area contributed by atoms with Gasteiger partial charge in [-0.15, -0.1) is 0 Å². The minimum atomic E-state index is -1.40. The molecule has 0 spiro atoms. The van der Waals surface area contributed by atoms with Crippen LogP contribution in [-0.4, -0.2) is 76.0 Å². The van der Waals surface area contributed by atoms with Crippen LogP contribution in [-0.2, 0) is 9.53 Å². The Morgan fingerprint density at radius 3 is 1.88 bits per heavy atom. The van der Waals surface area contributed by atoms with Gasteiger partial charge in [0, 0.05) is 6.54 Å². The maximum atomic E-state index is 12.2. The third-order valence-electron chi connectivity index (χ3n) is 6.42. The summed E-state index contributed by atoms with van der Waals surface area (Å²) < 4.78 is 5.45. The molecule has 1 fully saturated rings. The van der Waals surface area contributed by atoms with Gasteiger partial charge >= 0.3 is 0 Å². The lowest BCUT2D eigenvalue weighted by molar-refractivity contribution is -0.230. The van der Waals surface area contributed by atoms with Crippen LogP contribution in [0, 0.1) is 0 Å². The van der Waals surface area contributed by atoms with E-state index in [0.29, 0.717) is 6.54 Å². The number of nitrogens with two attached hydrogens (primary N) is 1. The minimum absolute atomic E-state index is 0.238. The maximum absolute atomic E-state index is 12.2. The number of aliphatic hydroxyl groups excluding tert-OH is 4. The molecule has 0 aromatic heterocycles. The van der Waals surface area contributed by atoms with Gasteiger partial charge in [-0.25, -0.2) is 0 Å². The lowest BCUT2D eigenvalue weighted by Gasteiger charge is -2.40. The number of aliphatic hydroxyl groups is 4. The zero-order valence-electron chi connectivity index (χ0n) is 20.0. The number of nitrogens with one attached hydrogen (secondary N) is 1. The summed E-state index contributed by atoms with van der Waals surface area (Å²) in [6.07, 6.45) is 9.93. The van der Waals surface area contributed by atoms with Crippen molar-refractivity contribution in [3.8, 4) is 0 Å². The van der Waals surface area contributed by atoms with Crippen LogP contribution < -0.4 is 11.1 Å². The Morgan fingerprint density at radius 1 is 0.844 bits per heavy atom. The van der Waals surface area contributed by atoms with Crippen LogP contribution in [0.1, 0.15) is 96.8 Å². The fraction of sp³-hybridized carbons (Fsp3) is 0.958. The Labute approximate surface area is 193 Å². The van der Waals surface area contributed by atoms with Crippen molar-refractivity contribution in [2.24, 2.45) is 5.73 Å². The van der Waals surface area contributed by atoms with E-state index in [1.807, 2.05) is 0 Å². The lowest BCUT2D eigenvalue weighted by Crippen LogP contribution is -2.58. The standard InChI is InChI=1S/C24H48N2O6/c1-2-3-4-5-6-7-8-9-10-11-12-13-16-26-24(31)18(25)14-15-19-21(28)23(30)22(29)20(17-27)32-19/h18-23,27-30H,2-17,25H2,1H3,(H,26,31)/t18-,19-,20+,21-,22-,23+/m0/s1. The summed E-state index contributed by atoms with van der Waals surface area (Å²) in [4.78, 5) is 12.2. The van der Waals surface area contributed by atoms with E-state index in [9.17, 15) is 25.2 Å². The lowest BCUT2D eigenvalue weighted by atomic mass is 9.92. The molecule has 1 saturated heterocycles. The second-order valence-corrected chi connectivity index (χ2v) is 9.23. The van der Waals surface area contributed by atoms with Crippen LogP contribution in [0.15, 0.2) is 0 Å². The van der Waals surface area contributed by atoms with Crippen molar-refractivity contribution >= 4 is 5.91 Å². The molecule has 8 nitrogen and oxygen atoms in total. The molecule has 32 heavy (non-hydrogen) atoms. The van der Waals surface area contributed by atoms with E-state index >= 15 is 0 Å². The molecule has 0 aromatic carbocycles. The molecule has 1 rings (SSSR count). The van der Waals surface area contributed by atoms with Crippen molar-refractivity contribution in [1.29, 1.82) is 0 Å². The highest BCUT2D eigenvalue weighted by atomic mass is 16.5. The van der Waals surface area contributed by atoms with Gasteiger partial charge < -0.3 is 36.2 Å². The fourth-order valence-electron chi connectivity index (χ4n) is 4.20. The first kappa shape index (κ1) is 29.3. The predicted octanol–water partition coefficient (Wildman–Crippen LogP) is 1.75. The van der Waals surface area contributed by atoms with Gasteiger partial charge in [-0.1, -0.05) is 77.6 Å². The molecular weight excluding hydrogens is 412 g/mol. The predicted molar refractivity (Wildman–Crippen MR) is 125 cm³/mol. The van der Waals surface area contributed by atoms with E-state index in [1.165, 1.54) is 64.2 Å². The smallest absolute Gasteiger partial charge is 0.236 e. The van der Waals surface area contributed by atoms with Gasteiger partial charge in [0.2, 0.25) is 5.91 Å². The van der Waals surface area contributed by atoms with Gasteiger partial charge in [0.15, 0.2) is 0 Å². The molecule has 1 aliphatic rings. The van der Waals surface area contributed by atoms with Gasteiger partial charge in [0.25, 0.3) is 0 Å². The van der Waals surface area contributed by atoms with E-state index in [-0.39, 0.29) is 18.7 Å². The Morgan fingerprint density at radius 2 is 1.34 bits per heavy atom. The Hall–Kier alpha value is -0.770. The highest BCUT2D eigenvalue weighted by Crippen LogP contribution is 2.24. The highest BCUT2D eigenvalue weighted by Gasteiger charge is 2.43. The molecule has 0 aliphatic carbocycles. The molecule has 0 saturated carbocycles. The molecule has 7 N–H and O–H groups in total. The molecule has 1 aliphatic heterocycles. The third kappa shape index (κ3) is 11.4. The number of hydrogen-bond acceptors (Lipinski definition) is 7. The van der Waals surface area contributed by atoms with Gasteiger partial charge in [0.1, 0.15) is 24.4 Å². The molecule has 0 aromatic rings. The van der Waals surface area contributed by atoms with Crippen molar-refractivity contribution in [2.75, 3.05) is 13.2 Å². The number of hydrogen-bond donors (Lipinski definition) is 6. The second-order valence-electron chi connectivity index (χ2n) is 9.23. The van der Waals surface area contributed by atoms with E-state index in [1.54, 1.807) is 0 Å². The van der Waals surface area contributed by atoms with Crippen LogP contribution >= 0.6 is 0 Å². The largest absolute Gasteiger partial charge is 0.394 e. The normalized spacial score (nSPS) is 26.8. The molecule has 1 heterocycles. The van der Waals surface area contributed by atoms with Crippen LogP contribution in [0.4, 0.5) is 0 Å². The Kier molecular flexibility index (Phi) is 16.2. The van der Waals surface area contributed by atoms with E-state index in [2.05, 4.69) is 12.2 Å². The maximum Gasteiger partial charge on any atom is 0.236 e. The minimum Gasteiger partial charge on any atom is -0.394 e. The van der Waals surface area contributed by atoms with Crippen molar-refractivity contribution < 1.29 is 30.0 Å². The number of unbranched alkanes of at least 4 members (excludes halogenated alkanes) is 11. The first-order chi connectivity index (χ1) is 15.4. The Balaban J connectivity index is 2.04. The third-order valence-corrected chi connectivity index (χ3v) is 6.42. The van der Waals surface area contributed by atoms with Crippen molar-refractivity contribution in [1.82, 2.24) is 5.32 Å². The van der Waals surface area contributed by atoms with E-state index in [4.69, 9.17) is 10.5 Å². The first-order valence-electron chi connectivity index (χ1n) is 12.8. The number of carbonyl (C=O) groups excluding carboxylic acids is 1. The Bertz CT molecular complexity index is 479.